The molecule has 0 aliphatic carbocycles. The van der Waals surface area contributed by atoms with E-state index in [2.05, 4.69) is 53.5 Å². The third-order valence-electron chi connectivity index (χ3n) is 5.75. The molecule has 0 unspecified atom stereocenters. The monoisotopic (exact) mass is 349 g/mol. The minimum absolute atomic E-state index is 0.178. The van der Waals surface area contributed by atoms with Crippen molar-refractivity contribution in [3.8, 4) is 0 Å². The minimum Gasteiger partial charge on any atom is -0.367 e. The van der Waals surface area contributed by atoms with E-state index in [1.165, 1.54) is 5.56 Å². The van der Waals surface area contributed by atoms with Crippen molar-refractivity contribution in [1.82, 2.24) is 10.2 Å². The highest BCUT2D eigenvalue weighted by Gasteiger charge is 2.38. The van der Waals surface area contributed by atoms with Gasteiger partial charge in [0.05, 0.1) is 0 Å². The van der Waals surface area contributed by atoms with Crippen molar-refractivity contribution in [2.75, 3.05) is 37.6 Å². The molecule has 2 aromatic carbocycles. The number of rotatable bonds is 5. The van der Waals surface area contributed by atoms with Gasteiger partial charge in [0.25, 0.3) is 5.91 Å². The Kier molecular flexibility index (Phi) is 4.93. The van der Waals surface area contributed by atoms with Crippen molar-refractivity contribution in [1.29, 1.82) is 0 Å². The summed E-state index contributed by atoms with van der Waals surface area (Å²) in [4.78, 5) is 17.2. The molecular formula is C22H27N3O. The van der Waals surface area contributed by atoms with Crippen molar-refractivity contribution >= 4 is 11.6 Å². The number of hydrogen-bond donors (Lipinski definition) is 1. The highest BCUT2D eigenvalue weighted by Crippen LogP contribution is 2.28. The van der Waals surface area contributed by atoms with Gasteiger partial charge in [-0.2, -0.15) is 0 Å². The summed E-state index contributed by atoms with van der Waals surface area (Å²) in [5.74, 6) is 1.46. The zero-order chi connectivity index (χ0) is 17.9. The zero-order valence-corrected chi connectivity index (χ0v) is 15.4. The summed E-state index contributed by atoms with van der Waals surface area (Å²) in [5.41, 5.74) is 3.26. The lowest BCUT2D eigenvalue weighted by molar-refractivity contribution is 0.0781. The topological polar surface area (TPSA) is 35.6 Å². The van der Waals surface area contributed by atoms with Crippen molar-refractivity contribution in [2.24, 2.45) is 11.8 Å². The van der Waals surface area contributed by atoms with E-state index in [1.54, 1.807) is 0 Å². The van der Waals surface area contributed by atoms with Gasteiger partial charge in [-0.3, -0.25) is 4.79 Å². The van der Waals surface area contributed by atoms with E-state index < -0.39 is 0 Å². The van der Waals surface area contributed by atoms with Gasteiger partial charge < -0.3 is 15.1 Å². The maximum absolute atomic E-state index is 12.8. The van der Waals surface area contributed by atoms with Gasteiger partial charge in [0.15, 0.2) is 0 Å². The molecule has 2 atom stereocenters. The first-order chi connectivity index (χ1) is 12.7. The second kappa shape index (κ2) is 7.50. The largest absolute Gasteiger partial charge is 0.367 e. The van der Waals surface area contributed by atoms with Crippen LogP contribution in [0.1, 0.15) is 22.8 Å². The number of nitrogens with zero attached hydrogens (tertiary/aromatic N) is 2. The van der Waals surface area contributed by atoms with E-state index in [4.69, 9.17) is 0 Å². The first kappa shape index (κ1) is 17.1. The van der Waals surface area contributed by atoms with Crippen LogP contribution in [-0.4, -0.2) is 43.5 Å². The number of amides is 1. The van der Waals surface area contributed by atoms with E-state index >= 15 is 0 Å². The summed E-state index contributed by atoms with van der Waals surface area (Å²) in [5, 5.41) is 3.43. The predicted octanol–water partition coefficient (Wildman–Crippen LogP) is 3.00. The Morgan fingerprint density at radius 1 is 1.04 bits per heavy atom. The Hall–Kier alpha value is -2.33. The molecule has 26 heavy (non-hydrogen) atoms. The van der Waals surface area contributed by atoms with Gasteiger partial charge in [-0.25, -0.2) is 0 Å². The molecule has 4 nitrogen and oxygen atoms in total. The van der Waals surface area contributed by atoms with Crippen LogP contribution in [0.4, 0.5) is 5.69 Å². The molecule has 4 rings (SSSR count). The molecule has 1 N–H and O–H groups in total. The van der Waals surface area contributed by atoms with Gasteiger partial charge in [0.2, 0.25) is 0 Å². The standard InChI is InChI=1S/C22H27N3O/c1-2-24(14-17-6-4-3-5-7-17)21-10-8-18(9-11-21)22(26)25-15-19-12-23-13-20(19)16-25/h3-11,19-20,23H,2,12-16H2,1H3/t19-,20+. The Balaban J connectivity index is 1.43. The Bertz CT molecular complexity index is 732. The Morgan fingerprint density at radius 2 is 1.69 bits per heavy atom. The number of nitrogens with one attached hydrogen (secondary N) is 1. The molecule has 0 radical (unpaired) electrons. The van der Waals surface area contributed by atoms with Crippen molar-refractivity contribution < 1.29 is 4.79 Å². The lowest BCUT2D eigenvalue weighted by Crippen LogP contribution is -2.31. The van der Waals surface area contributed by atoms with Gasteiger partial charge >= 0.3 is 0 Å². The maximum atomic E-state index is 12.8. The van der Waals surface area contributed by atoms with Gasteiger partial charge in [-0.1, -0.05) is 30.3 Å². The lowest BCUT2D eigenvalue weighted by atomic mass is 10.0. The number of hydrogen-bond acceptors (Lipinski definition) is 3. The summed E-state index contributed by atoms with van der Waals surface area (Å²) < 4.78 is 0. The van der Waals surface area contributed by atoms with Crippen molar-refractivity contribution in [2.45, 2.75) is 13.5 Å². The molecule has 2 fully saturated rings. The van der Waals surface area contributed by atoms with E-state index in [-0.39, 0.29) is 5.91 Å². The van der Waals surface area contributed by atoms with Gasteiger partial charge in [-0.15, -0.1) is 0 Å². The van der Waals surface area contributed by atoms with Crippen LogP contribution < -0.4 is 10.2 Å². The second-order valence-electron chi connectivity index (χ2n) is 7.44. The number of benzene rings is 2. The zero-order valence-electron chi connectivity index (χ0n) is 15.4. The molecule has 2 saturated heterocycles. The maximum Gasteiger partial charge on any atom is 0.253 e. The SMILES string of the molecule is CCN(Cc1ccccc1)c1ccc(C(=O)N2C[C@H]3CNC[C@H]3C2)cc1. The summed E-state index contributed by atoms with van der Waals surface area (Å²) in [6.45, 7) is 7.88. The first-order valence-electron chi connectivity index (χ1n) is 9.63. The number of anilines is 1. The van der Waals surface area contributed by atoms with Crippen LogP contribution in [-0.2, 0) is 6.54 Å². The summed E-state index contributed by atoms with van der Waals surface area (Å²) >= 11 is 0. The molecular weight excluding hydrogens is 322 g/mol. The van der Waals surface area contributed by atoms with Crippen LogP contribution in [0.25, 0.3) is 0 Å². The first-order valence-corrected chi connectivity index (χ1v) is 9.63. The van der Waals surface area contributed by atoms with E-state index in [1.807, 2.05) is 23.1 Å². The van der Waals surface area contributed by atoms with Crippen LogP contribution in [0.2, 0.25) is 0 Å². The highest BCUT2D eigenvalue weighted by atomic mass is 16.2. The average molecular weight is 349 g/mol. The van der Waals surface area contributed by atoms with E-state index in [0.29, 0.717) is 11.8 Å². The Morgan fingerprint density at radius 3 is 2.31 bits per heavy atom. The molecule has 4 heteroatoms. The second-order valence-corrected chi connectivity index (χ2v) is 7.44. The predicted molar refractivity (Wildman–Crippen MR) is 105 cm³/mol. The fourth-order valence-electron chi connectivity index (χ4n) is 4.21. The number of likely N-dealkylation sites (tertiary alicyclic amines) is 1. The van der Waals surface area contributed by atoms with Crippen molar-refractivity contribution in [3.63, 3.8) is 0 Å². The summed E-state index contributed by atoms with van der Waals surface area (Å²) in [6.07, 6.45) is 0. The fraction of sp³-hybridized carbons (Fsp3) is 0.409. The van der Waals surface area contributed by atoms with E-state index in [9.17, 15) is 4.79 Å². The quantitative estimate of drug-likeness (QED) is 0.901. The van der Waals surface area contributed by atoms with Crippen LogP contribution in [0, 0.1) is 11.8 Å². The fourth-order valence-corrected chi connectivity index (χ4v) is 4.21. The molecule has 0 saturated carbocycles. The average Bonchev–Trinajstić information content (AvgIpc) is 3.29. The molecule has 1 amide bonds. The van der Waals surface area contributed by atoms with Crippen LogP contribution in [0.3, 0.4) is 0 Å². The van der Waals surface area contributed by atoms with Gasteiger partial charge in [0.1, 0.15) is 0 Å². The normalized spacial score (nSPS) is 21.7. The minimum atomic E-state index is 0.178. The summed E-state index contributed by atoms with van der Waals surface area (Å²) in [7, 11) is 0. The summed E-state index contributed by atoms with van der Waals surface area (Å²) in [6, 6.07) is 18.6. The molecule has 0 bridgehead atoms. The van der Waals surface area contributed by atoms with Gasteiger partial charge in [-0.05, 0) is 48.6 Å². The number of carbonyl (C=O) groups is 1. The van der Waals surface area contributed by atoms with Crippen molar-refractivity contribution in [3.05, 3.63) is 65.7 Å². The van der Waals surface area contributed by atoms with Crippen LogP contribution >= 0.6 is 0 Å². The molecule has 2 aliphatic heterocycles. The molecule has 0 spiro atoms. The number of fused-ring (bicyclic) bond motifs is 1. The third kappa shape index (κ3) is 3.47. The Labute approximate surface area is 155 Å². The van der Waals surface area contributed by atoms with E-state index in [0.717, 1.165) is 50.5 Å². The molecule has 0 aromatic heterocycles. The van der Waals surface area contributed by atoms with Crippen LogP contribution in [0.5, 0.6) is 0 Å². The smallest absolute Gasteiger partial charge is 0.253 e. The molecule has 136 valence electrons. The van der Waals surface area contributed by atoms with Crippen LogP contribution in [0.15, 0.2) is 54.6 Å². The molecule has 2 heterocycles. The number of carbonyl (C=O) groups excluding carboxylic acids is 1. The van der Waals surface area contributed by atoms with Gasteiger partial charge in [0, 0.05) is 50.5 Å². The molecule has 2 aliphatic rings. The lowest BCUT2D eigenvalue weighted by Gasteiger charge is -2.24. The highest BCUT2D eigenvalue weighted by molar-refractivity contribution is 5.94. The third-order valence-corrected chi connectivity index (χ3v) is 5.75. The molecule has 2 aromatic rings.